The van der Waals surface area contributed by atoms with Gasteiger partial charge in [-0.1, -0.05) is 17.3 Å². The first-order chi connectivity index (χ1) is 8.27. The lowest BCUT2D eigenvalue weighted by molar-refractivity contribution is 0.547. The number of rotatable bonds is 4. The van der Waals surface area contributed by atoms with Crippen molar-refractivity contribution < 1.29 is 0 Å². The minimum atomic E-state index is -0.565. The molecule has 0 aliphatic rings. The Morgan fingerprint density at radius 3 is 1.94 bits per heavy atom. The van der Waals surface area contributed by atoms with Crippen molar-refractivity contribution in [3.8, 4) is 0 Å². The van der Waals surface area contributed by atoms with Crippen LogP contribution in [0.3, 0.4) is 0 Å². The number of hydrogen-bond donors (Lipinski definition) is 0. The van der Waals surface area contributed by atoms with E-state index in [1.54, 1.807) is 12.4 Å². The van der Waals surface area contributed by atoms with E-state index in [1.807, 2.05) is 43.3 Å². The largest absolute Gasteiger partial charge is 0.260 e. The average molecular weight is 227 g/mol. The zero-order valence-corrected chi connectivity index (χ0v) is 9.58. The Morgan fingerprint density at radius 2 is 1.59 bits per heavy atom. The van der Waals surface area contributed by atoms with Gasteiger partial charge in [-0.05, 0) is 31.2 Å². The summed E-state index contributed by atoms with van der Waals surface area (Å²) in [6, 6.07) is 11.3. The highest BCUT2D eigenvalue weighted by Crippen LogP contribution is 2.29. The molecule has 2 aromatic heterocycles. The molecule has 2 rings (SSSR count). The van der Waals surface area contributed by atoms with Gasteiger partial charge in [-0.3, -0.25) is 9.97 Å². The Bertz CT molecular complexity index is 445. The van der Waals surface area contributed by atoms with Crippen LogP contribution in [0.15, 0.2) is 54.0 Å². The zero-order chi connectivity index (χ0) is 12.1. The van der Waals surface area contributed by atoms with Gasteiger partial charge >= 0.3 is 0 Å². The lowest BCUT2D eigenvalue weighted by atomic mass is 9.82. The highest BCUT2D eigenvalue weighted by molar-refractivity contribution is 5.30. The molecule has 2 heterocycles. The first-order valence-electron chi connectivity index (χ1n) is 5.39. The molecule has 0 N–H and O–H groups in total. The zero-order valence-electron chi connectivity index (χ0n) is 9.58. The summed E-state index contributed by atoms with van der Waals surface area (Å²) < 4.78 is 0. The number of hydrogen-bond acceptors (Lipinski definition) is 4. The monoisotopic (exact) mass is 227 g/mol. The maximum absolute atomic E-state index is 10.7. The molecule has 0 aromatic carbocycles. The molecule has 4 nitrogen and oxygen atoms in total. The fourth-order valence-electron chi connectivity index (χ4n) is 1.80. The number of pyridine rings is 2. The summed E-state index contributed by atoms with van der Waals surface area (Å²) in [6.45, 7) is 2.06. The van der Waals surface area contributed by atoms with Crippen LogP contribution in [-0.4, -0.2) is 16.5 Å². The molecule has 0 atom stereocenters. The number of nitroso groups, excluding NO2 is 1. The van der Waals surface area contributed by atoms with Gasteiger partial charge in [0.1, 0.15) is 0 Å². The van der Waals surface area contributed by atoms with Gasteiger partial charge < -0.3 is 0 Å². The maximum atomic E-state index is 10.7. The molecular formula is C13H13N3O. The fourth-order valence-corrected chi connectivity index (χ4v) is 1.80. The molecule has 2 aromatic rings. The first-order valence-corrected chi connectivity index (χ1v) is 5.39. The maximum Gasteiger partial charge on any atom is 0.0976 e. The molecule has 4 heteroatoms. The molecule has 0 unspecified atom stereocenters. The molecule has 17 heavy (non-hydrogen) atoms. The lowest BCUT2D eigenvalue weighted by Crippen LogP contribution is -2.29. The van der Waals surface area contributed by atoms with Crippen molar-refractivity contribution >= 4 is 0 Å². The second-order valence-electron chi connectivity index (χ2n) is 4.05. The summed E-state index contributed by atoms with van der Waals surface area (Å²) in [7, 11) is 0. The molecule has 0 saturated carbocycles. The molecule has 0 amide bonds. The van der Waals surface area contributed by atoms with Gasteiger partial charge in [0, 0.05) is 12.4 Å². The minimum Gasteiger partial charge on any atom is -0.260 e. The van der Waals surface area contributed by atoms with Crippen molar-refractivity contribution in [2.45, 2.75) is 12.3 Å². The normalized spacial score (nSPS) is 11.1. The first kappa shape index (κ1) is 11.4. The predicted octanol–water partition coefficient (Wildman–Crippen LogP) is 2.55. The van der Waals surface area contributed by atoms with Gasteiger partial charge in [-0.2, -0.15) is 4.91 Å². The summed E-state index contributed by atoms with van der Waals surface area (Å²) in [5.74, 6) is 0. The number of aromatic nitrogens is 2. The molecule has 0 fully saturated rings. The van der Waals surface area contributed by atoms with E-state index in [0.29, 0.717) is 0 Å². The summed E-state index contributed by atoms with van der Waals surface area (Å²) in [4.78, 5) is 19.3. The van der Waals surface area contributed by atoms with E-state index in [1.165, 1.54) is 0 Å². The molecule has 0 radical (unpaired) electrons. The quantitative estimate of drug-likeness (QED) is 0.754. The highest BCUT2D eigenvalue weighted by atomic mass is 16.3. The van der Waals surface area contributed by atoms with E-state index in [2.05, 4.69) is 15.1 Å². The third-order valence-corrected chi connectivity index (χ3v) is 2.84. The summed E-state index contributed by atoms with van der Waals surface area (Å²) >= 11 is 0. The van der Waals surface area contributed by atoms with E-state index < -0.39 is 5.41 Å². The highest BCUT2D eigenvalue weighted by Gasteiger charge is 2.32. The second kappa shape index (κ2) is 4.82. The lowest BCUT2D eigenvalue weighted by Gasteiger charge is -2.25. The summed E-state index contributed by atoms with van der Waals surface area (Å²) in [5.41, 5.74) is 1.04. The molecule has 0 spiro atoms. The topological polar surface area (TPSA) is 55.2 Å². The van der Waals surface area contributed by atoms with Gasteiger partial charge in [-0.25, -0.2) is 0 Å². The van der Waals surface area contributed by atoms with Crippen LogP contribution in [0.5, 0.6) is 0 Å². The third-order valence-electron chi connectivity index (χ3n) is 2.84. The Kier molecular flexibility index (Phi) is 3.23. The van der Waals surface area contributed by atoms with Crippen LogP contribution >= 0.6 is 0 Å². The van der Waals surface area contributed by atoms with Crippen LogP contribution in [0.25, 0.3) is 0 Å². The van der Waals surface area contributed by atoms with Gasteiger partial charge in [0.2, 0.25) is 0 Å². The van der Waals surface area contributed by atoms with Gasteiger partial charge in [0.25, 0.3) is 0 Å². The van der Waals surface area contributed by atoms with Gasteiger partial charge in [0.15, 0.2) is 0 Å². The Balaban J connectivity index is 2.50. The average Bonchev–Trinajstić information content (AvgIpc) is 2.41. The van der Waals surface area contributed by atoms with Gasteiger partial charge in [0.05, 0.1) is 23.3 Å². The van der Waals surface area contributed by atoms with E-state index in [-0.39, 0.29) is 6.54 Å². The molecular weight excluding hydrogens is 214 g/mol. The van der Waals surface area contributed by atoms with Crippen molar-refractivity contribution in [3.05, 3.63) is 65.1 Å². The van der Waals surface area contributed by atoms with E-state index in [0.717, 1.165) is 11.4 Å². The van der Waals surface area contributed by atoms with E-state index in [9.17, 15) is 4.91 Å². The summed E-state index contributed by atoms with van der Waals surface area (Å²) in [6.07, 6.45) is 3.42. The van der Waals surface area contributed by atoms with Crippen molar-refractivity contribution in [1.82, 2.24) is 9.97 Å². The summed E-state index contributed by atoms with van der Waals surface area (Å²) in [5, 5.41) is 3.03. The van der Waals surface area contributed by atoms with Crippen molar-refractivity contribution in [2.24, 2.45) is 5.18 Å². The van der Waals surface area contributed by atoms with Crippen molar-refractivity contribution in [2.75, 3.05) is 6.54 Å². The Labute approximate surface area is 99.7 Å². The van der Waals surface area contributed by atoms with Crippen LogP contribution in [0.1, 0.15) is 18.3 Å². The van der Waals surface area contributed by atoms with Crippen LogP contribution in [-0.2, 0) is 5.41 Å². The van der Waals surface area contributed by atoms with E-state index >= 15 is 0 Å². The van der Waals surface area contributed by atoms with Crippen LogP contribution in [0, 0.1) is 4.91 Å². The predicted molar refractivity (Wildman–Crippen MR) is 65.6 cm³/mol. The SMILES string of the molecule is CC(CN=O)(c1ccccn1)c1ccccn1. The third kappa shape index (κ3) is 2.20. The molecule has 0 bridgehead atoms. The van der Waals surface area contributed by atoms with Crippen LogP contribution in [0.4, 0.5) is 0 Å². The molecule has 0 aliphatic carbocycles. The molecule has 86 valence electrons. The van der Waals surface area contributed by atoms with Crippen LogP contribution < -0.4 is 0 Å². The smallest absolute Gasteiger partial charge is 0.0976 e. The van der Waals surface area contributed by atoms with Crippen LogP contribution in [0.2, 0.25) is 0 Å². The fraction of sp³-hybridized carbons (Fsp3) is 0.231. The van der Waals surface area contributed by atoms with Crippen molar-refractivity contribution in [3.63, 3.8) is 0 Å². The Hall–Kier alpha value is -2.10. The second-order valence-corrected chi connectivity index (χ2v) is 4.05. The standard InChI is InChI=1S/C13H13N3O/c1-13(10-16-17,11-6-2-4-8-14-11)12-7-3-5-9-15-12/h2-9H,10H2,1H3. The molecule has 0 aliphatic heterocycles. The number of nitrogens with zero attached hydrogens (tertiary/aromatic N) is 3. The molecule has 0 saturated heterocycles. The Morgan fingerprint density at radius 1 is 1.06 bits per heavy atom. The van der Waals surface area contributed by atoms with E-state index in [4.69, 9.17) is 0 Å². The van der Waals surface area contributed by atoms with Gasteiger partial charge in [-0.15, -0.1) is 0 Å². The van der Waals surface area contributed by atoms with Crippen molar-refractivity contribution in [1.29, 1.82) is 0 Å². The minimum absolute atomic E-state index is 0.126.